The molecular formula is C34H36N4O3. The maximum absolute atomic E-state index is 13.1. The number of nitrogens with one attached hydrogen (secondary N) is 1. The zero-order chi connectivity index (χ0) is 28.2. The highest BCUT2D eigenvalue weighted by atomic mass is 16.6. The van der Waals surface area contributed by atoms with E-state index in [1.54, 1.807) is 4.90 Å². The first kappa shape index (κ1) is 26.8. The third-order valence-electron chi connectivity index (χ3n) is 8.20. The molecule has 5 aromatic rings. The smallest absolute Gasteiger partial charge is 0.409 e. The number of aromatic nitrogens is 2. The maximum Gasteiger partial charge on any atom is 0.409 e. The van der Waals surface area contributed by atoms with Crippen LogP contribution in [-0.4, -0.2) is 51.2 Å². The number of H-pyrrole nitrogens is 1. The fourth-order valence-corrected chi connectivity index (χ4v) is 5.87. The first-order chi connectivity index (χ1) is 20.0. The Kier molecular flexibility index (Phi) is 7.87. The second-order valence-corrected chi connectivity index (χ2v) is 11.0. The van der Waals surface area contributed by atoms with Crippen LogP contribution in [0.25, 0.3) is 21.8 Å². The van der Waals surface area contributed by atoms with E-state index in [4.69, 9.17) is 4.74 Å². The van der Waals surface area contributed by atoms with E-state index in [0.29, 0.717) is 32.5 Å². The molecule has 1 atom stereocenters. The molecule has 41 heavy (non-hydrogen) atoms. The van der Waals surface area contributed by atoms with Crippen LogP contribution >= 0.6 is 0 Å². The highest BCUT2D eigenvalue weighted by Gasteiger charge is 2.28. The molecular weight excluding hydrogens is 512 g/mol. The first-order valence-corrected chi connectivity index (χ1v) is 14.4. The van der Waals surface area contributed by atoms with E-state index < -0.39 is 0 Å². The molecule has 1 aliphatic rings. The predicted molar refractivity (Wildman–Crippen MR) is 163 cm³/mol. The minimum Gasteiger partial charge on any atom is -0.448 e. The Labute approximate surface area is 240 Å². The standard InChI is InChI=1S/C34H36N4O3/c1-25(37(22-26-10-4-2-5-11-26)23-27-12-6-3-7-13-27)24-41-34(40)36-18-16-30(17-19-36)38-32-21-29-15-9-8-14-28(29)20-31(32)35-33(38)39/h2-15,20-21,25,30H,16-19,22-24H2,1H3,(H,35,39)/t25-/m0/s1. The summed E-state index contributed by atoms with van der Waals surface area (Å²) >= 11 is 0. The third kappa shape index (κ3) is 6.05. The Balaban J connectivity index is 1.08. The van der Waals surface area contributed by atoms with E-state index in [0.717, 1.165) is 34.9 Å². The quantitative estimate of drug-likeness (QED) is 0.245. The predicted octanol–water partition coefficient (Wildman–Crippen LogP) is 6.35. The molecule has 7 heteroatoms. The zero-order valence-corrected chi connectivity index (χ0v) is 23.4. The average Bonchev–Trinajstić information content (AvgIpc) is 3.33. The van der Waals surface area contributed by atoms with Gasteiger partial charge in [-0.3, -0.25) is 9.47 Å². The van der Waals surface area contributed by atoms with Gasteiger partial charge in [-0.05, 0) is 53.8 Å². The van der Waals surface area contributed by atoms with Gasteiger partial charge in [-0.1, -0.05) is 84.9 Å². The Bertz CT molecular complexity index is 1630. The van der Waals surface area contributed by atoms with Crippen molar-refractivity contribution in [1.82, 2.24) is 19.4 Å². The van der Waals surface area contributed by atoms with E-state index >= 15 is 0 Å². The fourth-order valence-electron chi connectivity index (χ4n) is 5.87. The summed E-state index contributed by atoms with van der Waals surface area (Å²) in [4.78, 5) is 33.1. The number of ether oxygens (including phenoxy) is 1. The molecule has 0 bridgehead atoms. The number of hydrogen-bond acceptors (Lipinski definition) is 4. The summed E-state index contributed by atoms with van der Waals surface area (Å²) in [5.41, 5.74) is 4.12. The van der Waals surface area contributed by atoms with Crippen LogP contribution in [0.1, 0.15) is 36.9 Å². The number of benzene rings is 4. The van der Waals surface area contributed by atoms with Crippen LogP contribution in [0.2, 0.25) is 0 Å². The fraction of sp³-hybridized carbons (Fsp3) is 0.294. The first-order valence-electron chi connectivity index (χ1n) is 14.4. The lowest BCUT2D eigenvalue weighted by Gasteiger charge is -2.33. The third-order valence-corrected chi connectivity index (χ3v) is 8.20. The van der Waals surface area contributed by atoms with Gasteiger partial charge in [0.15, 0.2) is 0 Å². The molecule has 210 valence electrons. The highest BCUT2D eigenvalue weighted by molar-refractivity contribution is 5.95. The maximum atomic E-state index is 13.1. The van der Waals surface area contributed by atoms with Crippen LogP contribution in [-0.2, 0) is 17.8 Å². The molecule has 4 aromatic carbocycles. The second kappa shape index (κ2) is 12.0. The van der Waals surface area contributed by atoms with Crippen LogP contribution < -0.4 is 5.69 Å². The number of rotatable bonds is 8. The number of carbonyl (C=O) groups excluding carboxylic acids is 1. The lowest BCUT2D eigenvalue weighted by atomic mass is 10.0. The monoisotopic (exact) mass is 548 g/mol. The zero-order valence-electron chi connectivity index (χ0n) is 23.4. The molecule has 1 saturated heterocycles. The summed E-state index contributed by atoms with van der Waals surface area (Å²) in [5, 5.41) is 2.21. The van der Waals surface area contributed by atoms with Gasteiger partial charge in [-0.25, -0.2) is 9.59 Å². The van der Waals surface area contributed by atoms with Crippen LogP contribution in [0.3, 0.4) is 0 Å². The van der Waals surface area contributed by atoms with Gasteiger partial charge < -0.3 is 14.6 Å². The number of likely N-dealkylation sites (tertiary alicyclic amines) is 1. The van der Waals surface area contributed by atoms with E-state index in [1.807, 2.05) is 34.9 Å². The number of fused-ring (bicyclic) bond motifs is 2. The highest BCUT2D eigenvalue weighted by Crippen LogP contribution is 2.28. The van der Waals surface area contributed by atoms with Crippen LogP contribution in [0.15, 0.2) is 102 Å². The van der Waals surface area contributed by atoms with Crippen LogP contribution in [0, 0.1) is 0 Å². The molecule has 1 aliphatic heterocycles. The molecule has 0 unspecified atom stereocenters. The summed E-state index contributed by atoms with van der Waals surface area (Å²) in [6.07, 6.45) is 1.13. The summed E-state index contributed by atoms with van der Waals surface area (Å²) in [6, 6.07) is 33.1. The van der Waals surface area contributed by atoms with Crippen molar-refractivity contribution in [2.24, 2.45) is 0 Å². The molecule has 0 aliphatic carbocycles. The molecule has 0 saturated carbocycles. The van der Waals surface area contributed by atoms with Crippen molar-refractivity contribution in [2.45, 2.75) is 44.9 Å². The summed E-state index contributed by atoms with van der Waals surface area (Å²) in [5.74, 6) is 0. The van der Waals surface area contributed by atoms with Gasteiger partial charge in [0.05, 0.1) is 11.0 Å². The lowest BCUT2D eigenvalue weighted by molar-refractivity contribution is 0.0567. The van der Waals surface area contributed by atoms with Crippen molar-refractivity contribution in [3.05, 3.63) is 119 Å². The Morgan fingerprint density at radius 2 is 1.44 bits per heavy atom. The van der Waals surface area contributed by atoms with E-state index in [-0.39, 0.29) is 23.9 Å². The summed E-state index contributed by atoms with van der Waals surface area (Å²) in [7, 11) is 0. The van der Waals surface area contributed by atoms with Crippen molar-refractivity contribution in [1.29, 1.82) is 0 Å². The minimum atomic E-state index is -0.285. The van der Waals surface area contributed by atoms with Gasteiger partial charge >= 0.3 is 11.8 Å². The number of aromatic amines is 1. The second-order valence-electron chi connectivity index (χ2n) is 11.0. The molecule has 1 fully saturated rings. The van der Waals surface area contributed by atoms with E-state index in [1.165, 1.54) is 11.1 Å². The molecule has 7 nitrogen and oxygen atoms in total. The van der Waals surface area contributed by atoms with Gasteiger partial charge in [0.2, 0.25) is 0 Å². The summed E-state index contributed by atoms with van der Waals surface area (Å²) in [6.45, 7) is 5.08. The number of hydrogen-bond donors (Lipinski definition) is 1. The molecule has 2 heterocycles. The topological polar surface area (TPSA) is 70.6 Å². The van der Waals surface area contributed by atoms with Crippen LogP contribution in [0.4, 0.5) is 4.79 Å². The van der Waals surface area contributed by atoms with Crippen molar-refractivity contribution in [3.63, 3.8) is 0 Å². The van der Waals surface area contributed by atoms with Crippen molar-refractivity contribution in [3.8, 4) is 0 Å². The van der Waals surface area contributed by atoms with E-state index in [9.17, 15) is 9.59 Å². The van der Waals surface area contributed by atoms with Crippen molar-refractivity contribution in [2.75, 3.05) is 19.7 Å². The molecule has 0 spiro atoms. The largest absolute Gasteiger partial charge is 0.448 e. The summed E-state index contributed by atoms with van der Waals surface area (Å²) < 4.78 is 7.71. The van der Waals surface area contributed by atoms with Gasteiger partial charge in [-0.15, -0.1) is 0 Å². The van der Waals surface area contributed by atoms with Gasteiger partial charge in [0.25, 0.3) is 0 Å². The molecule has 0 radical (unpaired) electrons. The number of piperidine rings is 1. The molecule has 1 aromatic heterocycles. The lowest BCUT2D eigenvalue weighted by Crippen LogP contribution is -2.42. The van der Waals surface area contributed by atoms with Gasteiger partial charge in [-0.2, -0.15) is 0 Å². The number of amides is 1. The Hall–Kier alpha value is -4.36. The molecule has 6 rings (SSSR count). The van der Waals surface area contributed by atoms with Gasteiger partial charge in [0.1, 0.15) is 6.61 Å². The number of nitrogens with zero attached hydrogens (tertiary/aromatic N) is 3. The molecule has 1 N–H and O–H groups in total. The SMILES string of the molecule is C[C@@H](COC(=O)N1CCC(n2c(=O)[nH]c3cc4ccccc4cc32)CC1)N(Cc1ccccc1)Cc1ccccc1. The van der Waals surface area contributed by atoms with Crippen LogP contribution in [0.5, 0.6) is 0 Å². The van der Waals surface area contributed by atoms with E-state index in [2.05, 4.69) is 83.5 Å². The number of imidazole rings is 1. The molecule has 1 amide bonds. The average molecular weight is 549 g/mol. The van der Waals surface area contributed by atoms with Gasteiger partial charge in [0, 0.05) is 38.3 Å². The normalized spacial score (nSPS) is 15.0. The Morgan fingerprint density at radius 3 is 2.05 bits per heavy atom. The Morgan fingerprint density at radius 1 is 0.878 bits per heavy atom. The van der Waals surface area contributed by atoms with Crippen molar-refractivity contribution >= 4 is 27.9 Å². The minimum absolute atomic E-state index is 0.0348. The number of carbonyl (C=O) groups is 1. The van der Waals surface area contributed by atoms with Crippen molar-refractivity contribution < 1.29 is 9.53 Å².